The van der Waals surface area contributed by atoms with Crippen LogP contribution in [0.25, 0.3) is 10.8 Å². The lowest BCUT2D eigenvalue weighted by Gasteiger charge is -2.19. The summed E-state index contributed by atoms with van der Waals surface area (Å²) >= 11 is 0. The van der Waals surface area contributed by atoms with Gasteiger partial charge in [-0.15, -0.1) is 0 Å². The molecule has 3 rings (SSSR count). The molecule has 4 nitrogen and oxygen atoms in total. The Morgan fingerprint density at radius 3 is 3.05 bits per heavy atom. The Labute approximate surface area is 119 Å². The van der Waals surface area contributed by atoms with E-state index in [0.717, 1.165) is 22.3 Å². The summed E-state index contributed by atoms with van der Waals surface area (Å²) in [7, 11) is 4.09. The molecule has 20 heavy (non-hydrogen) atoms. The van der Waals surface area contributed by atoms with Crippen molar-refractivity contribution in [2.75, 3.05) is 32.6 Å². The Morgan fingerprint density at radius 2 is 2.30 bits per heavy atom. The van der Waals surface area contributed by atoms with Crippen LogP contribution in [-0.4, -0.2) is 43.2 Å². The van der Waals surface area contributed by atoms with Crippen molar-refractivity contribution in [3.63, 3.8) is 0 Å². The van der Waals surface area contributed by atoms with Crippen LogP contribution in [0.5, 0.6) is 5.88 Å². The molecule has 0 bridgehead atoms. The standard InChI is InChI=1S/C16H21N3O/c1-17-13-6-5-12-7-8-18-16(15(12)10-13)20-11-14-4-3-9-19(14)2/h5-8,10,14,17H,3-4,9,11H2,1-2H3. The van der Waals surface area contributed by atoms with Gasteiger partial charge in [-0.1, -0.05) is 6.07 Å². The van der Waals surface area contributed by atoms with E-state index in [2.05, 4.69) is 40.4 Å². The van der Waals surface area contributed by atoms with E-state index in [9.17, 15) is 0 Å². The van der Waals surface area contributed by atoms with Gasteiger partial charge < -0.3 is 15.0 Å². The number of hydrogen-bond donors (Lipinski definition) is 1. The number of anilines is 1. The zero-order valence-electron chi connectivity index (χ0n) is 12.1. The maximum Gasteiger partial charge on any atom is 0.221 e. The average Bonchev–Trinajstić information content (AvgIpc) is 2.89. The molecule has 106 valence electrons. The molecule has 4 heteroatoms. The fourth-order valence-corrected chi connectivity index (χ4v) is 2.78. The van der Waals surface area contributed by atoms with Crippen molar-refractivity contribution in [1.82, 2.24) is 9.88 Å². The Morgan fingerprint density at radius 1 is 1.40 bits per heavy atom. The number of aromatic nitrogens is 1. The zero-order valence-corrected chi connectivity index (χ0v) is 12.1. The van der Waals surface area contributed by atoms with Crippen LogP contribution in [0.2, 0.25) is 0 Å². The van der Waals surface area contributed by atoms with Gasteiger partial charge in [-0.3, -0.25) is 0 Å². The van der Waals surface area contributed by atoms with Gasteiger partial charge in [0.05, 0.1) is 0 Å². The first-order chi connectivity index (χ1) is 9.78. The van der Waals surface area contributed by atoms with Crippen LogP contribution in [0, 0.1) is 0 Å². The number of pyridine rings is 1. The van der Waals surface area contributed by atoms with Crippen LogP contribution in [0.15, 0.2) is 30.5 Å². The van der Waals surface area contributed by atoms with Gasteiger partial charge in [-0.05, 0) is 50.0 Å². The minimum Gasteiger partial charge on any atom is -0.476 e. The van der Waals surface area contributed by atoms with E-state index >= 15 is 0 Å². The fourth-order valence-electron chi connectivity index (χ4n) is 2.78. The highest BCUT2D eigenvalue weighted by Gasteiger charge is 2.21. The normalized spacial score (nSPS) is 19.4. The molecule has 1 fully saturated rings. The van der Waals surface area contributed by atoms with Gasteiger partial charge in [0.2, 0.25) is 5.88 Å². The third-order valence-corrected chi connectivity index (χ3v) is 4.10. The maximum absolute atomic E-state index is 5.99. The van der Waals surface area contributed by atoms with Crippen molar-refractivity contribution < 1.29 is 4.74 Å². The fraction of sp³-hybridized carbons (Fsp3) is 0.438. The molecule has 1 unspecified atom stereocenters. The summed E-state index contributed by atoms with van der Waals surface area (Å²) in [6.45, 7) is 1.88. The van der Waals surface area contributed by atoms with E-state index in [4.69, 9.17) is 4.74 Å². The molecule has 2 heterocycles. The summed E-state index contributed by atoms with van der Waals surface area (Å²) in [4.78, 5) is 6.77. The second kappa shape index (κ2) is 5.67. The molecule has 0 amide bonds. The SMILES string of the molecule is CNc1ccc2ccnc(OCC3CCCN3C)c2c1. The third-order valence-electron chi connectivity index (χ3n) is 4.10. The number of benzene rings is 1. The predicted octanol–water partition coefficient (Wildman–Crippen LogP) is 2.75. The zero-order chi connectivity index (χ0) is 13.9. The summed E-state index contributed by atoms with van der Waals surface area (Å²) in [6, 6.07) is 8.78. The Kier molecular flexibility index (Phi) is 3.74. The Hall–Kier alpha value is -1.81. The summed E-state index contributed by atoms with van der Waals surface area (Å²) < 4.78 is 5.99. The Balaban J connectivity index is 1.83. The molecular weight excluding hydrogens is 250 g/mol. The number of ether oxygens (including phenoxy) is 1. The monoisotopic (exact) mass is 271 g/mol. The van der Waals surface area contributed by atoms with Crippen molar-refractivity contribution in [3.8, 4) is 5.88 Å². The van der Waals surface area contributed by atoms with Crippen molar-refractivity contribution in [3.05, 3.63) is 30.5 Å². The van der Waals surface area contributed by atoms with E-state index < -0.39 is 0 Å². The number of rotatable bonds is 4. The van der Waals surface area contributed by atoms with E-state index in [1.54, 1.807) is 0 Å². The molecule has 1 aromatic carbocycles. The lowest BCUT2D eigenvalue weighted by atomic mass is 10.1. The number of likely N-dealkylation sites (tertiary alicyclic amines) is 1. The molecule has 0 aliphatic carbocycles. The smallest absolute Gasteiger partial charge is 0.221 e. The highest BCUT2D eigenvalue weighted by Crippen LogP contribution is 2.27. The predicted molar refractivity (Wildman–Crippen MR) is 82.4 cm³/mol. The number of likely N-dealkylation sites (N-methyl/N-ethyl adjacent to an activating group) is 1. The summed E-state index contributed by atoms with van der Waals surface area (Å²) in [5.41, 5.74) is 1.08. The van der Waals surface area contributed by atoms with E-state index in [-0.39, 0.29) is 0 Å². The Bertz CT molecular complexity index is 599. The molecule has 1 atom stereocenters. The van der Waals surface area contributed by atoms with Gasteiger partial charge in [0.25, 0.3) is 0 Å². The molecule has 1 aliphatic heterocycles. The second-order valence-electron chi connectivity index (χ2n) is 5.39. The first-order valence-corrected chi connectivity index (χ1v) is 7.17. The van der Waals surface area contributed by atoms with Crippen molar-refractivity contribution in [2.24, 2.45) is 0 Å². The van der Waals surface area contributed by atoms with E-state index in [1.807, 2.05) is 19.3 Å². The van der Waals surface area contributed by atoms with Crippen LogP contribution in [0.4, 0.5) is 5.69 Å². The molecule has 2 aromatic rings. The topological polar surface area (TPSA) is 37.4 Å². The van der Waals surface area contributed by atoms with Crippen molar-refractivity contribution in [1.29, 1.82) is 0 Å². The van der Waals surface area contributed by atoms with Gasteiger partial charge in [-0.25, -0.2) is 4.98 Å². The summed E-state index contributed by atoms with van der Waals surface area (Å²) in [6.07, 6.45) is 4.29. The number of fused-ring (bicyclic) bond motifs is 1. The molecule has 1 aromatic heterocycles. The van der Waals surface area contributed by atoms with Crippen LogP contribution in [-0.2, 0) is 0 Å². The van der Waals surface area contributed by atoms with Crippen LogP contribution in [0.3, 0.4) is 0 Å². The first kappa shape index (κ1) is 13.2. The lowest BCUT2D eigenvalue weighted by Crippen LogP contribution is -2.30. The lowest BCUT2D eigenvalue weighted by molar-refractivity contribution is 0.195. The van der Waals surface area contributed by atoms with Crippen LogP contribution < -0.4 is 10.1 Å². The molecule has 0 saturated carbocycles. The molecule has 0 radical (unpaired) electrons. The number of nitrogens with one attached hydrogen (secondary N) is 1. The average molecular weight is 271 g/mol. The molecule has 0 spiro atoms. The van der Waals surface area contributed by atoms with Gasteiger partial charge in [-0.2, -0.15) is 0 Å². The van der Waals surface area contributed by atoms with Crippen molar-refractivity contribution in [2.45, 2.75) is 18.9 Å². The first-order valence-electron chi connectivity index (χ1n) is 7.17. The summed E-state index contributed by atoms with van der Waals surface area (Å²) in [5, 5.41) is 5.39. The van der Waals surface area contributed by atoms with Gasteiger partial charge in [0, 0.05) is 30.4 Å². The maximum atomic E-state index is 5.99. The quantitative estimate of drug-likeness (QED) is 0.928. The van der Waals surface area contributed by atoms with Gasteiger partial charge >= 0.3 is 0 Å². The van der Waals surface area contributed by atoms with Gasteiger partial charge in [0.15, 0.2) is 0 Å². The van der Waals surface area contributed by atoms with Crippen LogP contribution >= 0.6 is 0 Å². The number of hydrogen-bond acceptors (Lipinski definition) is 4. The molecule has 1 aliphatic rings. The molecular formula is C16H21N3O. The minimum atomic E-state index is 0.513. The van der Waals surface area contributed by atoms with E-state index in [0.29, 0.717) is 12.6 Å². The largest absolute Gasteiger partial charge is 0.476 e. The number of nitrogens with zero attached hydrogens (tertiary/aromatic N) is 2. The molecule has 1 saturated heterocycles. The summed E-state index contributed by atoms with van der Waals surface area (Å²) in [5.74, 6) is 0.736. The highest BCUT2D eigenvalue weighted by molar-refractivity contribution is 5.89. The highest BCUT2D eigenvalue weighted by atomic mass is 16.5. The van der Waals surface area contributed by atoms with Crippen molar-refractivity contribution >= 4 is 16.5 Å². The van der Waals surface area contributed by atoms with E-state index in [1.165, 1.54) is 19.4 Å². The minimum absolute atomic E-state index is 0.513. The van der Waals surface area contributed by atoms with Crippen LogP contribution in [0.1, 0.15) is 12.8 Å². The molecule has 1 N–H and O–H groups in total. The third kappa shape index (κ3) is 2.56. The van der Waals surface area contributed by atoms with Gasteiger partial charge in [0.1, 0.15) is 6.61 Å². The second-order valence-corrected chi connectivity index (χ2v) is 5.39.